The standard InChI is InChI=1S/C30H36F3N5O2/c1-19-21-10-9-11-23(25(21)31)30(32,33)18-40-15-8-6-4-3-5-7-14-38-27-22(26(35-19)36-20(2)37-27)16-24(28(38)39)29(17-34)12-13-29/h9-11,16,19,28,39H,3-8,12-15,18H2,1-2H3,(H,35,36,37)/t19-,28?/m1/s1. The molecule has 7 nitrogen and oxygen atoms in total. The molecular weight excluding hydrogens is 519 g/mol. The number of fused-ring (bicyclic) bond motifs is 2. The predicted molar refractivity (Wildman–Crippen MR) is 146 cm³/mol. The summed E-state index contributed by atoms with van der Waals surface area (Å²) in [6.07, 6.45) is 7.27. The molecule has 2 N–H and O–H groups in total. The van der Waals surface area contributed by atoms with Crippen LogP contribution in [0.15, 0.2) is 23.8 Å². The second-order valence-corrected chi connectivity index (χ2v) is 11.2. The number of alkyl halides is 2. The zero-order valence-electron chi connectivity index (χ0n) is 23.0. The summed E-state index contributed by atoms with van der Waals surface area (Å²) < 4.78 is 50.8. The number of nitrogens with zero attached hydrogens (tertiary/aromatic N) is 4. The van der Waals surface area contributed by atoms with E-state index in [9.17, 15) is 10.4 Å². The van der Waals surface area contributed by atoms with Crippen LogP contribution in [0.4, 0.5) is 24.8 Å². The first-order valence-corrected chi connectivity index (χ1v) is 14.1. The molecule has 2 aliphatic heterocycles. The Morgan fingerprint density at radius 2 is 1.85 bits per heavy atom. The second-order valence-electron chi connectivity index (χ2n) is 11.2. The van der Waals surface area contributed by atoms with Gasteiger partial charge in [0.25, 0.3) is 5.92 Å². The summed E-state index contributed by atoms with van der Waals surface area (Å²) in [4.78, 5) is 11.1. The molecule has 2 atom stereocenters. The average Bonchev–Trinajstić information content (AvgIpc) is 3.71. The molecular formula is C30H36F3N5O2. The first kappa shape index (κ1) is 28.4. The van der Waals surface area contributed by atoms with Crippen LogP contribution in [0.2, 0.25) is 0 Å². The van der Waals surface area contributed by atoms with E-state index < -0.39 is 41.6 Å². The molecule has 1 aliphatic carbocycles. The van der Waals surface area contributed by atoms with E-state index in [4.69, 9.17) is 4.74 Å². The highest BCUT2D eigenvalue weighted by molar-refractivity contribution is 5.80. The van der Waals surface area contributed by atoms with Crippen LogP contribution in [-0.2, 0) is 10.7 Å². The molecule has 0 radical (unpaired) electrons. The summed E-state index contributed by atoms with van der Waals surface area (Å²) in [5, 5.41) is 24.6. The van der Waals surface area contributed by atoms with E-state index in [1.165, 1.54) is 12.1 Å². The fraction of sp³-hybridized carbons (Fsp3) is 0.567. The van der Waals surface area contributed by atoms with E-state index in [0.717, 1.165) is 38.2 Å². The van der Waals surface area contributed by atoms with Gasteiger partial charge in [0.1, 0.15) is 29.9 Å². The molecule has 0 amide bonds. The lowest BCUT2D eigenvalue weighted by molar-refractivity contribution is -0.0853. The van der Waals surface area contributed by atoms with E-state index in [2.05, 4.69) is 21.4 Å². The highest BCUT2D eigenvalue weighted by Crippen LogP contribution is 2.55. The van der Waals surface area contributed by atoms with Crippen molar-refractivity contribution >= 4 is 17.7 Å². The number of nitriles is 1. The van der Waals surface area contributed by atoms with Gasteiger partial charge in [-0.25, -0.2) is 14.4 Å². The molecule has 1 aromatic heterocycles. The molecule has 6 bridgehead atoms. The summed E-state index contributed by atoms with van der Waals surface area (Å²) in [6, 6.07) is 5.67. The molecule has 0 saturated heterocycles. The van der Waals surface area contributed by atoms with Crippen LogP contribution in [0.3, 0.4) is 0 Å². The average molecular weight is 556 g/mol. The number of hydrogen-bond acceptors (Lipinski definition) is 7. The van der Waals surface area contributed by atoms with Crippen molar-refractivity contribution in [1.29, 1.82) is 5.26 Å². The monoisotopic (exact) mass is 555 g/mol. The van der Waals surface area contributed by atoms with Crippen LogP contribution in [0.5, 0.6) is 0 Å². The largest absolute Gasteiger partial charge is 0.375 e. The maximum Gasteiger partial charge on any atom is 0.298 e. The maximum absolute atomic E-state index is 15.6. The minimum atomic E-state index is -3.48. The topological polar surface area (TPSA) is 94.3 Å². The Balaban J connectivity index is 1.57. The SMILES string of the molecule is Cc1nc2c3c(n1)N(CCCCCCCCOCC(F)(F)c1cccc(c1F)[C@@H](C)N2)C(O)C(C1(C#N)CC1)=C3. The quantitative estimate of drug-likeness (QED) is 0.421. The number of aliphatic hydroxyl groups is 1. The maximum atomic E-state index is 15.6. The Hall–Kier alpha value is -3.16. The molecule has 1 aromatic carbocycles. The number of aromatic nitrogens is 2. The molecule has 1 fully saturated rings. The van der Waals surface area contributed by atoms with E-state index in [0.29, 0.717) is 54.4 Å². The summed E-state index contributed by atoms with van der Waals surface area (Å²) in [5.41, 5.74) is -0.144. The van der Waals surface area contributed by atoms with Gasteiger partial charge in [-0.05, 0) is 57.2 Å². The van der Waals surface area contributed by atoms with E-state index in [-0.39, 0.29) is 12.2 Å². The number of benzene rings is 1. The third-order valence-corrected chi connectivity index (χ3v) is 8.16. The van der Waals surface area contributed by atoms with Crippen LogP contribution in [-0.4, -0.2) is 41.1 Å². The number of aliphatic hydroxyl groups excluding tert-OH is 1. The van der Waals surface area contributed by atoms with Crippen molar-refractivity contribution in [1.82, 2.24) is 9.97 Å². The van der Waals surface area contributed by atoms with Gasteiger partial charge in [0.2, 0.25) is 0 Å². The zero-order chi connectivity index (χ0) is 28.5. The lowest BCUT2D eigenvalue weighted by Gasteiger charge is -2.37. The van der Waals surface area contributed by atoms with Crippen LogP contribution in [0.1, 0.15) is 86.8 Å². The van der Waals surface area contributed by atoms with Crippen LogP contribution in [0.25, 0.3) is 6.08 Å². The van der Waals surface area contributed by atoms with Gasteiger partial charge in [-0.15, -0.1) is 0 Å². The molecule has 1 saturated carbocycles. The van der Waals surface area contributed by atoms with Gasteiger partial charge in [-0.1, -0.05) is 37.8 Å². The Labute approximate surface area is 233 Å². The van der Waals surface area contributed by atoms with Crippen molar-refractivity contribution in [3.8, 4) is 6.07 Å². The predicted octanol–water partition coefficient (Wildman–Crippen LogP) is 6.39. The summed E-state index contributed by atoms with van der Waals surface area (Å²) in [5.74, 6) is -3.08. The van der Waals surface area contributed by atoms with Gasteiger partial charge in [0, 0.05) is 18.7 Å². The lowest BCUT2D eigenvalue weighted by Crippen LogP contribution is -2.43. The van der Waals surface area contributed by atoms with Gasteiger partial charge >= 0.3 is 0 Å². The van der Waals surface area contributed by atoms with Gasteiger partial charge in [0.05, 0.1) is 28.7 Å². The Morgan fingerprint density at radius 1 is 1.12 bits per heavy atom. The molecule has 3 aliphatic rings. The zero-order valence-corrected chi connectivity index (χ0v) is 23.0. The minimum Gasteiger partial charge on any atom is -0.375 e. The molecule has 3 heterocycles. The first-order chi connectivity index (χ1) is 19.2. The number of anilines is 2. The lowest BCUT2D eigenvalue weighted by atomic mass is 9.90. The minimum absolute atomic E-state index is 0.0733. The highest BCUT2D eigenvalue weighted by Gasteiger charge is 2.51. The molecule has 1 unspecified atom stereocenters. The normalized spacial score (nSPS) is 24.7. The third kappa shape index (κ3) is 5.54. The van der Waals surface area contributed by atoms with E-state index >= 15 is 13.2 Å². The first-order valence-electron chi connectivity index (χ1n) is 14.1. The molecule has 40 heavy (non-hydrogen) atoms. The molecule has 10 heteroatoms. The van der Waals surface area contributed by atoms with E-state index in [1.807, 2.05) is 4.90 Å². The second kappa shape index (κ2) is 11.4. The van der Waals surface area contributed by atoms with Crippen LogP contribution >= 0.6 is 0 Å². The summed E-state index contributed by atoms with van der Waals surface area (Å²) >= 11 is 0. The fourth-order valence-electron chi connectivity index (χ4n) is 5.67. The van der Waals surface area contributed by atoms with Crippen LogP contribution < -0.4 is 10.2 Å². The van der Waals surface area contributed by atoms with Gasteiger partial charge in [0.15, 0.2) is 6.23 Å². The molecule has 2 aromatic rings. The van der Waals surface area contributed by atoms with Gasteiger partial charge in [-0.2, -0.15) is 14.0 Å². The highest BCUT2D eigenvalue weighted by atomic mass is 19.3. The Kier molecular flexibility index (Phi) is 8.07. The smallest absolute Gasteiger partial charge is 0.298 e. The summed E-state index contributed by atoms with van der Waals surface area (Å²) in [6.45, 7) is 3.29. The molecule has 5 rings (SSSR count). The third-order valence-electron chi connectivity index (χ3n) is 8.16. The molecule has 0 spiro atoms. The van der Waals surface area contributed by atoms with E-state index in [1.54, 1.807) is 19.9 Å². The van der Waals surface area contributed by atoms with Gasteiger partial charge < -0.3 is 20.1 Å². The molecule has 214 valence electrons. The Bertz CT molecular complexity index is 1320. The number of halogens is 3. The number of hydrogen-bond donors (Lipinski definition) is 2. The van der Waals surface area contributed by atoms with Crippen molar-refractivity contribution in [2.24, 2.45) is 5.41 Å². The van der Waals surface area contributed by atoms with Gasteiger partial charge in [-0.3, -0.25) is 0 Å². The number of rotatable bonds is 1. The number of aryl methyl sites for hydroxylation is 1. The van der Waals surface area contributed by atoms with Crippen molar-refractivity contribution in [2.75, 3.05) is 30.0 Å². The Morgan fingerprint density at radius 3 is 2.58 bits per heavy atom. The van der Waals surface area contributed by atoms with Crippen molar-refractivity contribution in [3.63, 3.8) is 0 Å². The summed E-state index contributed by atoms with van der Waals surface area (Å²) in [7, 11) is 0. The number of ether oxygens (including phenoxy) is 1. The van der Waals surface area contributed by atoms with Crippen molar-refractivity contribution in [3.05, 3.63) is 52.1 Å². The van der Waals surface area contributed by atoms with Crippen molar-refractivity contribution < 1.29 is 23.0 Å². The van der Waals surface area contributed by atoms with Crippen LogP contribution in [0, 0.1) is 29.5 Å². The van der Waals surface area contributed by atoms with Crippen molar-refractivity contribution in [2.45, 2.75) is 83.4 Å². The number of nitrogens with one attached hydrogen (secondary N) is 1. The fourth-order valence-corrected chi connectivity index (χ4v) is 5.67.